The molecule has 0 spiro atoms. The summed E-state index contributed by atoms with van der Waals surface area (Å²) in [5.74, 6) is 1.79. The van der Waals surface area contributed by atoms with Gasteiger partial charge in [-0.05, 0) is 0 Å². The van der Waals surface area contributed by atoms with Crippen LogP contribution in [0.2, 0.25) is 0 Å². The van der Waals surface area contributed by atoms with Crippen molar-refractivity contribution < 1.29 is 0 Å². The Balaban J connectivity index is 4.33. The summed E-state index contributed by atoms with van der Waals surface area (Å²) in [6.45, 7) is 0. The second kappa shape index (κ2) is 3.80. The van der Waals surface area contributed by atoms with Gasteiger partial charge >= 0.3 is 63.1 Å². The Morgan fingerprint density at radius 1 is 1.75 bits per heavy atom. The molecule has 0 rings (SSSR count). The summed E-state index contributed by atoms with van der Waals surface area (Å²) in [5.41, 5.74) is 0. The van der Waals surface area contributed by atoms with Crippen molar-refractivity contribution in [3.05, 3.63) is 9.88 Å². The predicted molar refractivity (Wildman–Crippen MR) is 34.0 cm³/mol. The molecule has 40 valence electrons. The molecular weight excluding hydrogens is 234 g/mol. The van der Waals surface area contributed by atoms with Crippen molar-refractivity contribution in [3.8, 4) is 6.07 Å². The van der Waals surface area contributed by atoms with Crippen LogP contribution in [0.15, 0.2) is 4.47 Å². The summed E-state index contributed by atoms with van der Waals surface area (Å²) >= 11 is 4.88. The van der Waals surface area contributed by atoms with Gasteiger partial charge in [-0.25, -0.2) is 0 Å². The number of nitrogens with zero attached hydrogens (tertiary/aromatic N) is 2. The van der Waals surface area contributed by atoms with Crippen LogP contribution >= 0.6 is 0 Å². The quantitative estimate of drug-likeness (QED) is 0.430. The molecule has 0 fully saturated rings. The Bertz CT molecular complexity index is 195. The first-order chi connectivity index (χ1) is 3.72. The molecule has 0 aromatic rings. The van der Waals surface area contributed by atoms with Gasteiger partial charge in [0.25, 0.3) is 0 Å². The maximum atomic E-state index is 8.13. The minimum absolute atomic E-state index is 0.313. The average Bonchev–Trinajstić information content (AvgIpc) is 1.84. The molecule has 0 N–H and O–H groups in total. The SMILES string of the molecule is N#CC(=[Se])C([Se-])=C=[N-]. The molecular formula is C4N2Se2-2. The molecule has 0 saturated heterocycles. The Kier molecular flexibility index (Phi) is 3.73. The molecule has 0 unspecified atom stereocenters. The summed E-state index contributed by atoms with van der Waals surface area (Å²) in [4.78, 5) is 0. The monoisotopic (exact) mass is 236 g/mol. The summed E-state index contributed by atoms with van der Waals surface area (Å²) in [6, 6.07) is 1.79. The first kappa shape index (κ1) is 7.85. The van der Waals surface area contributed by atoms with E-state index in [0.29, 0.717) is 8.89 Å². The fraction of sp³-hybridized carbons (Fsp3) is 0. The number of rotatable bonds is 1. The predicted octanol–water partition coefficient (Wildman–Crippen LogP) is -0.858. The second-order valence-corrected chi connectivity index (χ2v) is 2.59. The molecule has 0 atom stereocenters. The number of hydrogen-bond donors (Lipinski definition) is 0. The Morgan fingerprint density at radius 3 is 2.38 bits per heavy atom. The van der Waals surface area contributed by atoms with E-state index < -0.39 is 0 Å². The van der Waals surface area contributed by atoms with Crippen LogP contribution in [0.3, 0.4) is 0 Å². The molecule has 0 radical (unpaired) electrons. The molecule has 8 heavy (non-hydrogen) atoms. The zero-order valence-corrected chi connectivity index (χ0v) is 7.14. The van der Waals surface area contributed by atoms with Gasteiger partial charge in [0, 0.05) is 0 Å². The summed E-state index contributed by atoms with van der Waals surface area (Å²) in [5, 5.41) is 16.3. The van der Waals surface area contributed by atoms with E-state index in [1.54, 1.807) is 11.9 Å². The summed E-state index contributed by atoms with van der Waals surface area (Å²) < 4.78 is 0.625. The molecule has 0 heterocycles. The van der Waals surface area contributed by atoms with Gasteiger partial charge in [0.15, 0.2) is 0 Å². The summed E-state index contributed by atoms with van der Waals surface area (Å²) in [7, 11) is 0. The van der Waals surface area contributed by atoms with E-state index in [0.717, 1.165) is 0 Å². The third kappa shape index (κ3) is 2.23. The van der Waals surface area contributed by atoms with Gasteiger partial charge in [-0.1, -0.05) is 0 Å². The van der Waals surface area contributed by atoms with Gasteiger partial charge in [-0.2, -0.15) is 0 Å². The van der Waals surface area contributed by atoms with Crippen molar-refractivity contribution in [2.24, 2.45) is 0 Å². The van der Waals surface area contributed by atoms with E-state index in [-0.39, 0.29) is 0 Å². The van der Waals surface area contributed by atoms with Crippen molar-refractivity contribution in [1.29, 1.82) is 5.26 Å². The fourth-order valence-corrected chi connectivity index (χ4v) is 0.293. The van der Waals surface area contributed by atoms with Crippen LogP contribution in [-0.4, -0.2) is 41.9 Å². The third-order valence-corrected chi connectivity index (χ3v) is 2.30. The summed E-state index contributed by atoms with van der Waals surface area (Å²) in [6.07, 6.45) is 0. The van der Waals surface area contributed by atoms with E-state index in [4.69, 9.17) is 10.7 Å². The fourth-order valence-electron chi connectivity index (χ4n) is 0.102. The van der Waals surface area contributed by atoms with Crippen molar-refractivity contribution in [2.75, 3.05) is 0 Å². The Labute approximate surface area is 63.3 Å². The van der Waals surface area contributed by atoms with Crippen LogP contribution in [0.25, 0.3) is 5.41 Å². The van der Waals surface area contributed by atoms with Gasteiger partial charge in [0.05, 0.1) is 0 Å². The average molecular weight is 234 g/mol. The van der Waals surface area contributed by atoms with Crippen molar-refractivity contribution >= 4 is 41.9 Å². The molecule has 4 heteroatoms. The number of hydrogen-bond acceptors (Lipinski definition) is 1. The van der Waals surface area contributed by atoms with Gasteiger partial charge in [-0.15, -0.1) is 0 Å². The maximum absolute atomic E-state index is 8.13. The molecule has 0 bridgehead atoms. The van der Waals surface area contributed by atoms with Gasteiger partial charge in [0.1, 0.15) is 0 Å². The third-order valence-electron chi connectivity index (χ3n) is 0.409. The van der Waals surface area contributed by atoms with Crippen LogP contribution in [0.4, 0.5) is 0 Å². The van der Waals surface area contributed by atoms with E-state index in [1.165, 1.54) is 0 Å². The van der Waals surface area contributed by atoms with Crippen LogP contribution in [-0.2, 0) is 0 Å². The molecule has 0 amide bonds. The standard InChI is InChI=1S/C4HN2Se2/c5-1-3(7)4(8)2-6/h7H/q-1/p-1. The molecule has 0 aliphatic carbocycles. The number of nitriles is 1. The van der Waals surface area contributed by atoms with Crippen molar-refractivity contribution in [3.63, 3.8) is 0 Å². The molecule has 0 aromatic heterocycles. The van der Waals surface area contributed by atoms with E-state index in [9.17, 15) is 0 Å². The van der Waals surface area contributed by atoms with Gasteiger partial charge in [-0.3, -0.25) is 0 Å². The molecule has 0 aliphatic heterocycles. The first-order valence-corrected chi connectivity index (χ1v) is 3.32. The minimum atomic E-state index is 0.313. The van der Waals surface area contributed by atoms with Crippen LogP contribution in [0, 0.1) is 11.3 Å². The van der Waals surface area contributed by atoms with Crippen LogP contribution < -0.4 is 0 Å². The van der Waals surface area contributed by atoms with Gasteiger partial charge < -0.3 is 0 Å². The topological polar surface area (TPSA) is 46.1 Å². The molecule has 0 saturated carbocycles. The molecule has 0 aliphatic rings. The normalized spacial score (nSPS) is 6.38. The van der Waals surface area contributed by atoms with Crippen LogP contribution in [0.5, 0.6) is 0 Å². The van der Waals surface area contributed by atoms with Crippen LogP contribution in [0.1, 0.15) is 0 Å². The Morgan fingerprint density at radius 2 is 2.25 bits per heavy atom. The second-order valence-electron chi connectivity index (χ2n) is 0.882. The van der Waals surface area contributed by atoms with Gasteiger partial charge in [0.2, 0.25) is 0 Å². The van der Waals surface area contributed by atoms with E-state index in [2.05, 4.69) is 31.6 Å². The van der Waals surface area contributed by atoms with E-state index >= 15 is 0 Å². The van der Waals surface area contributed by atoms with E-state index in [1.807, 2.05) is 0 Å². The number of allylic oxidation sites excluding steroid dienone is 1. The first-order valence-electron chi connectivity index (χ1n) is 1.61. The van der Waals surface area contributed by atoms with Crippen molar-refractivity contribution in [1.82, 2.24) is 0 Å². The zero-order valence-electron chi connectivity index (χ0n) is 3.71. The molecule has 0 aromatic carbocycles. The molecule has 2 nitrogen and oxygen atoms in total. The Hall–Kier alpha value is -0.151. The zero-order chi connectivity index (χ0) is 6.57. The van der Waals surface area contributed by atoms with Crippen molar-refractivity contribution in [2.45, 2.75) is 0 Å².